The van der Waals surface area contributed by atoms with Gasteiger partial charge >= 0.3 is 0 Å². The predicted molar refractivity (Wildman–Crippen MR) is 205 cm³/mol. The Balaban J connectivity index is 0.00000205. The number of fused-ring (bicyclic) bond motifs is 3. The van der Waals surface area contributed by atoms with Crippen LogP contribution < -0.4 is 15.5 Å². The summed E-state index contributed by atoms with van der Waals surface area (Å²) in [6, 6.07) is 2.96. The van der Waals surface area contributed by atoms with Crippen molar-refractivity contribution in [1.29, 1.82) is 10.7 Å². The molecule has 7 rings (SSSR count). The van der Waals surface area contributed by atoms with Crippen LogP contribution in [0.5, 0.6) is 0 Å². The normalized spacial score (nSPS) is 27.6. The van der Waals surface area contributed by atoms with E-state index in [0.717, 1.165) is 85.0 Å². The Kier molecular flexibility index (Phi) is 10.3. The van der Waals surface area contributed by atoms with Crippen molar-refractivity contribution in [1.82, 2.24) is 14.9 Å². The molecule has 2 aliphatic heterocycles. The highest BCUT2D eigenvalue weighted by molar-refractivity contribution is 7.16. The number of nitrogens with one attached hydrogen (secondary N) is 1. The summed E-state index contributed by atoms with van der Waals surface area (Å²) in [6.45, 7) is 16.4. The first-order valence-electron chi connectivity index (χ1n) is 19.1. The molecule has 49 heavy (non-hydrogen) atoms. The summed E-state index contributed by atoms with van der Waals surface area (Å²) in [6.07, 6.45) is 14.0. The summed E-state index contributed by atoms with van der Waals surface area (Å²) < 4.78 is 0. The van der Waals surface area contributed by atoms with Crippen molar-refractivity contribution in [2.45, 2.75) is 136 Å². The van der Waals surface area contributed by atoms with E-state index in [2.05, 4.69) is 62.2 Å². The number of hydrogen-bond acceptors (Lipinski definition) is 9. The molecule has 0 amide bonds. The van der Waals surface area contributed by atoms with Gasteiger partial charge in [-0.3, -0.25) is 5.41 Å². The van der Waals surface area contributed by atoms with E-state index in [1.54, 1.807) is 11.3 Å². The van der Waals surface area contributed by atoms with E-state index >= 15 is 0 Å². The lowest BCUT2D eigenvalue weighted by atomic mass is 9.78. The minimum Gasteiger partial charge on any atom is -0.389 e. The maximum absolute atomic E-state index is 10.0. The minimum absolute atomic E-state index is 0.0918. The lowest BCUT2D eigenvalue weighted by Crippen LogP contribution is -2.37. The zero-order valence-corrected chi connectivity index (χ0v) is 31.9. The van der Waals surface area contributed by atoms with E-state index in [0.29, 0.717) is 34.1 Å². The average Bonchev–Trinajstić information content (AvgIpc) is 3.41. The van der Waals surface area contributed by atoms with Gasteiger partial charge < -0.3 is 20.4 Å². The Bertz CT molecular complexity index is 1680. The number of aromatic nitrogens is 2. The first-order chi connectivity index (χ1) is 23.6. The number of nitrogen functional groups attached to an aromatic ring is 1. The number of hydrogen-bond donors (Lipinski definition) is 2. The molecule has 3 N–H and O–H groups in total. The molecule has 1 saturated heterocycles. The molecule has 5 atom stereocenters. The fourth-order valence-corrected chi connectivity index (χ4v) is 10.8. The summed E-state index contributed by atoms with van der Waals surface area (Å²) in [5, 5.41) is 20.4. The second-order valence-corrected chi connectivity index (χ2v) is 16.2. The molecule has 2 aromatic heterocycles. The van der Waals surface area contributed by atoms with Crippen molar-refractivity contribution in [2.24, 2.45) is 11.8 Å². The second kappa shape index (κ2) is 14.2. The van der Waals surface area contributed by atoms with Gasteiger partial charge in [0.2, 0.25) is 0 Å². The molecule has 0 radical (unpaired) electrons. The van der Waals surface area contributed by atoms with Crippen molar-refractivity contribution in [2.75, 3.05) is 36.2 Å². The van der Waals surface area contributed by atoms with Gasteiger partial charge in [-0.05, 0) is 101 Å². The highest BCUT2D eigenvalue weighted by Gasteiger charge is 2.63. The number of allylic oxidation sites excluding steroid dienone is 2. The first-order valence-corrected chi connectivity index (χ1v) is 19.9. The first kappa shape index (κ1) is 35.6. The summed E-state index contributed by atoms with van der Waals surface area (Å²) in [5.74, 6) is 4.05. The van der Waals surface area contributed by atoms with Crippen molar-refractivity contribution < 1.29 is 0 Å². The van der Waals surface area contributed by atoms with Gasteiger partial charge in [0.25, 0.3) is 0 Å². The van der Waals surface area contributed by atoms with E-state index in [1.807, 2.05) is 13.8 Å². The van der Waals surface area contributed by atoms with Gasteiger partial charge in [-0.1, -0.05) is 59.1 Å². The third-order valence-electron chi connectivity index (χ3n) is 12.4. The molecule has 264 valence electrons. The highest BCUT2D eigenvalue weighted by atomic mass is 32.1. The molecule has 2 unspecified atom stereocenters. The molecule has 9 heteroatoms. The van der Waals surface area contributed by atoms with Gasteiger partial charge in [0.15, 0.2) is 11.6 Å². The van der Waals surface area contributed by atoms with Crippen LogP contribution in [0.2, 0.25) is 0 Å². The van der Waals surface area contributed by atoms with Crippen molar-refractivity contribution in [3.63, 3.8) is 0 Å². The van der Waals surface area contributed by atoms with Crippen LogP contribution in [0, 0.1) is 28.6 Å². The maximum Gasteiger partial charge on any atom is 0.180 e. The van der Waals surface area contributed by atoms with E-state index < -0.39 is 0 Å². The molecular formula is C40H58N8S. The summed E-state index contributed by atoms with van der Waals surface area (Å²) in [4.78, 5) is 19.1. The maximum atomic E-state index is 10.0. The van der Waals surface area contributed by atoms with Gasteiger partial charge in [0, 0.05) is 30.4 Å². The van der Waals surface area contributed by atoms with Crippen molar-refractivity contribution in [3.05, 3.63) is 51.1 Å². The minimum atomic E-state index is 0.0918. The average molecular weight is 683 g/mol. The summed E-state index contributed by atoms with van der Waals surface area (Å²) in [5.41, 5.74) is 13.0. The third kappa shape index (κ3) is 6.01. The molecule has 5 aliphatic rings. The Labute approximate surface area is 299 Å². The highest BCUT2D eigenvalue weighted by Crippen LogP contribution is 2.64. The molecule has 2 aromatic rings. The largest absolute Gasteiger partial charge is 0.389 e. The Morgan fingerprint density at radius 2 is 1.96 bits per heavy atom. The van der Waals surface area contributed by atoms with Crippen LogP contribution in [-0.2, 0) is 12.8 Å². The van der Waals surface area contributed by atoms with Crippen LogP contribution in [0.25, 0.3) is 0 Å². The zero-order valence-electron chi connectivity index (χ0n) is 31.1. The lowest BCUT2D eigenvalue weighted by Gasteiger charge is -2.30. The molecule has 3 fully saturated rings. The number of anilines is 3. The monoisotopic (exact) mass is 682 g/mol. The molecule has 0 spiro atoms. The molecule has 0 bridgehead atoms. The molecule has 4 heterocycles. The van der Waals surface area contributed by atoms with Crippen molar-refractivity contribution in [3.8, 4) is 6.07 Å². The fraction of sp³-hybridized carbons (Fsp3) is 0.650. The SMILES string of the molecule is C=C1N(C)c2c(CCC3C[C@@H](CC)CN3C)nc(C(=N)/C(CCC)=C(\C)[C@H]3CCCc4sc(N)c(C#N)c43)nc2N1[C@@]12CCCC1C2.CC. The number of nitriles is 1. The number of rotatable bonds is 10. The third-order valence-corrected chi connectivity index (χ3v) is 13.5. The number of likely N-dealkylation sites (tertiary alicyclic amines) is 1. The topological polar surface area (TPSA) is 109 Å². The second-order valence-electron chi connectivity index (χ2n) is 15.0. The van der Waals surface area contributed by atoms with Crippen LogP contribution in [0.3, 0.4) is 0 Å². The van der Waals surface area contributed by atoms with E-state index in [4.69, 9.17) is 15.7 Å². The smallest absolute Gasteiger partial charge is 0.180 e. The van der Waals surface area contributed by atoms with Gasteiger partial charge in [-0.25, -0.2) is 9.97 Å². The quantitative estimate of drug-likeness (QED) is 0.241. The fourth-order valence-electron chi connectivity index (χ4n) is 9.70. The molecule has 3 aliphatic carbocycles. The lowest BCUT2D eigenvalue weighted by molar-refractivity contribution is 0.293. The molecule has 0 aromatic carbocycles. The summed E-state index contributed by atoms with van der Waals surface area (Å²) in [7, 11) is 4.40. The van der Waals surface area contributed by atoms with Gasteiger partial charge in [-0.15, -0.1) is 11.3 Å². The Hall–Kier alpha value is -3.22. The number of thiophene rings is 1. The molecule has 8 nitrogen and oxygen atoms in total. The molecular weight excluding hydrogens is 625 g/mol. The summed E-state index contributed by atoms with van der Waals surface area (Å²) >= 11 is 1.57. The van der Waals surface area contributed by atoms with Gasteiger partial charge in [-0.2, -0.15) is 5.26 Å². The van der Waals surface area contributed by atoms with Crippen LogP contribution in [0.15, 0.2) is 23.5 Å². The van der Waals surface area contributed by atoms with Crippen LogP contribution >= 0.6 is 11.3 Å². The predicted octanol–water partition coefficient (Wildman–Crippen LogP) is 8.96. The van der Waals surface area contributed by atoms with Crippen LogP contribution in [-0.4, -0.2) is 52.8 Å². The molecule has 2 saturated carbocycles. The zero-order chi connectivity index (χ0) is 35.2. The van der Waals surface area contributed by atoms with E-state index in [-0.39, 0.29) is 11.5 Å². The van der Waals surface area contributed by atoms with Crippen molar-refractivity contribution >= 4 is 33.6 Å². The van der Waals surface area contributed by atoms with E-state index in [1.165, 1.54) is 55.5 Å². The Morgan fingerprint density at radius 3 is 2.59 bits per heavy atom. The van der Waals surface area contributed by atoms with Crippen LogP contribution in [0.4, 0.5) is 16.5 Å². The number of aryl methyl sites for hydroxylation is 2. The Morgan fingerprint density at radius 1 is 1.18 bits per heavy atom. The number of nitrogens with zero attached hydrogens (tertiary/aromatic N) is 6. The standard InChI is InChI=1S/C38H52N8S.C2H6/c1-7-11-28(22(3)27-13-9-14-31-32(27)29(20-39)35(41)47-31)33(40)36-42-30(16-15-26-18-24(8-2)21-44(26)5)34-37(43-36)46(23(4)45(34)6)38-17-10-12-25(38)19-38;1-2/h24-27,40H,4,7-19,21,41H2,1-3,5-6H3;1-2H3/b28-22+,40-33?;/t24-,25?,26?,27-,38-;/m1./s1. The van der Waals surface area contributed by atoms with Gasteiger partial charge in [0.1, 0.15) is 28.3 Å². The number of nitrogens with two attached hydrogens (primary N) is 1. The van der Waals surface area contributed by atoms with E-state index in [9.17, 15) is 10.7 Å². The van der Waals surface area contributed by atoms with Gasteiger partial charge in [0.05, 0.1) is 16.8 Å². The van der Waals surface area contributed by atoms with Crippen LogP contribution in [0.1, 0.15) is 139 Å².